The van der Waals surface area contributed by atoms with Gasteiger partial charge in [-0.2, -0.15) is 13.9 Å². The van der Waals surface area contributed by atoms with Crippen LogP contribution in [0.25, 0.3) is 11.1 Å². The number of aromatic nitrogens is 4. The van der Waals surface area contributed by atoms with E-state index < -0.39 is 18.3 Å². The van der Waals surface area contributed by atoms with Crippen molar-refractivity contribution in [2.75, 3.05) is 7.11 Å². The Labute approximate surface area is 183 Å². The lowest BCUT2D eigenvalue weighted by atomic mass is 9.99. The molecule has 0 N–H and O–H groups in total. The van der Waals surface area contributed by atoms with E-state index in [1.54, 1.807) is 37.5 Å². The predicted octanol–water partition coefficient (Wildman–Crippen LogP) is 5.18. The van der Waals surface area contributed by atoms with Gasteiger partial charge in [-0.3, -0.25) is 14.6 Å². The highest BCUT2D eigenvalue weighted by Crippen LogP contribution is 2.33. The molecule has 5 nitrogen and oxygen atoms in total. The highest BCUT2D eigenvalue weighted by Gasteiger charge is 2.34. The molecule has 0 atom stereocenters. The van der Waals surface area contributed by atoms with Crippen LogP contribution in [0.1, 0.15) is 22.5 Å². The number of aryl methyl sites for hydroxylation is 1. The Morgan fingerprint density at radius 1 is 1.03 bits per heavy atom. The molecule has 3 aromatic heterocycles. The Balaban J connectivity index is 1.57. The van der Waals surface area contributed by atoms with E-state index in [0.29, 0.717) is 23.4 Å². The highest BCUT2D eigenvalue weighted by atomic mass is 19.3. The van der Waals surface area contributed by atoms with Gasteiger partial charge >= 0.3 is 5.92 Å². The molecule has 0 aliphatic rings. The van der Waals surface area contributed by atoms with Gasteiger partial charge in [-0.1, -0.05) is 12.1 Å². The zero-order valence-electron chi connectivity index (χ0n) is 17.6. The predicted molar refractivity (Wildman–Crippen MR) is 114 cm³/mol. The van der Waals surface area contributed by atoms with E-state index in [4.69, 9.17) is 4.74 Å². The van der Waals surface area contributed by atoms with Crippen molar-refractivity contribution in [3.05, 3.63) is 95.6 Å². The molecular formula is C24H21F3N4O. The summed E-state index contributed by atoms with van der Waals surface area (Å²) in [4.78, 5) is 8.44. The molecule has 1 aromatic carbocycles. The number of pyridine rings is 2. The van der Waals surface area contributed by atoms with Crippen LogP contribution in [-0.2, 0) is 18.9 Å². The molecule has 4 rings (SSSR count). The summed E-state index contributed by atoms with van der Waals surface area (Å²) in [5.41, 5.74) is 3.38. The van der Waals surface area contributed by atoms with Crippen LogP contribution >= 0.6 is 0 Å². The molecule has 0 unspecified atom stereocenters. The number of halogens is 3. The molecule has 0 radical (unpaired) electrons. The average Bonchev–Trinajstić information content (AvgIpc) is 3.18. The molecule has 0 saturated carbocycles. The third kappa shape index (κ3) is 4.64. The van der Waals surface area contributed by atoms with Crippen LogP contribution in [-0.4, -0.2) is 26.9 Å². The molecule has 3 heterocycles. The molecule has 0 aliphatic heterocycles. The number of rotatable bonds is 7. The maximum Gasteiger partial charge on any atom is 0.308 e. The van der Waals surface area contributed by atoms with Crippen LogP contribution in [0, 0.1) is 12.7 Å². The quantitative estimate of drug-likeness (QED) is 0.399. The van der Waals surface area contributed by atoms with Crippen molar-refractivity contribution in [3.63, 3.8) is 0 Å². The third-order valence-electron chi connectivity index (χ3n) is 5.04. The number of alkyl halides is 2. The minimum atomic E-state index is -3.16. The van der Waals surface area contributed by atoms with Crippen molar-refractivity contribution in [3.8, 4) is 16.9 Å². The summed E-state index contributed by atoms with van der Waals surface area (Å²) in [7, 11) is 1.47. The summed E-state index contributed by atoms with van der Waals surface area (Å²) >= 11 is 0. The fourth-order valence-corrected chi connectivity index (χ4v) is 3.49. The lowest BCUT2D eigenvalue weighted by Gasteiger charge is -2.16. The summed E-state index contributed by atoms with van der Waals surface area (Å²) in [6.07, 6.45) is 6.55. The van der Waals surface area contributed by atoms with Crippen LogP contribution < -0.4 is 4.74 Å². The largest absolute Gasteiger partial charge is 0.496 e. The molecule has 164 valence electrons. The van der Waals surface area contributed by atoms with Crippen molar-refractivity contribution in [1.29, 1.82) is 0 Å². The lowest BCUT2D eigenvalue weighted by Crippen LogP contribution is -2.23. The fourth-order valence-electron chi connectivity index (χ4n) is 3.49. The van der Waals surface area contributed by atoms with Crippen LogP contribution in [0.15, 0.2) is 67.3 Å². The number of hydrogen-bond donors (Lipinski definition) is 0. The van der Waals surface area contributed by atoms with E-state index >= 15 is 0 Å². The monoisotopic (exact) mass is 438 g/mol. The fraction of sp³-hybridized carbons (Fsp3) is 0.208. The van der Waals surface area contributed by atoms with Crippen molar-refractivity contribution < 1.29 is 17.9 Å². The Hall–Kier alpha value is -3.68. The molecule has 0 spiro atoms. The van der Waals surface area contributed by atoms with E-state index in [0.717, 1.165) is 16.7 Å². The molecule has 8 heteroatoms. The summed E-state index contributed by atoms with van der Waals surface area (Å²) in [5.74, 6) is -3.17. The summed E-state index contributed by atoms with van der Waals surface area (Å²) < 4.78 is 49.4. The molecule has 0 saturated heterocycles. The van der Waals surface area contributed by atoms with Gasteiger partial charge < -0.3 is 4.74 Å². The first-order valence-corrected chi connectivity index (χ1v) is 9.96. The molecule has 0 bridgehead atoms. The highest BCUT2D eigenvalue weighted by molar-refractivity contribution is 5.72. The average molecular weight is 438 g/mol. The Morgan fingerprint density at radius 3 is 2.56 bits per heavy atom. The first-order chi connectivity index (χ1) is 15.4. The van der Waals surface area contributed by atoms with Crippen LogP contribution in [0.5, 0.6) is 5.75 Å². The van der Waals surface area contributed by atoms with E-state index in [9.17, 15) is 13.2 Å². The van der Waals surface area contributed by atoms with Crippen molar-refractivity contribution in [2.45, 2.75) is 25.8 Å². The topological polar surface area (TPSA) is 52.8 Å². The van der Waals surface area contributed by atoms with Crippen molar-refractivity contribution in [2.24, 2.45) is 0 Å². The minimum Gasteiger partial charge on any atom is -0.496 e. The van der Waals surface area contributed by atoms with Gasteiger partial charge in [0.1, 0.15) is 23.8 Å². The summed E-state index contributed by atoms with van der Waals surface area (Å²) in [6, 6.07) is 10.9. The van der Waals surface area contributed by atoms with Gasteiger partial charge in [-0.15, -0.1) is 0 Å². The maximum atomic E-state index is 14.6. The Bertz CT molecular complexity index is 1220. The standard InChI is InChI=1S/C24H21F3N4O/c1-16-12-30-31(14-16)15-24(26,27)23-8-5-17(13-29-23)10-21-19(4-3-9-28-21)20-7-6-18(25)11-22(20)32-2/h3-9,11-14H,10,15H2,1-2H3. The Morgan fingerprint density at radius 2 is 1.88 bits per heavy atom. The second-order valence-electron chi connectivity index (χ2n) is 7.49. The molecule has 0 aliphatic carbocycles. The first-order valence-electron chi connectivity index (χ1n) is 9.96. The second kappa shape index (κ2) is 8.82. The van der Waals surface area contributed by atoms with Gasteiger partial charge in [0.25, 0.3) is 0 Å². The summed E-state index contributed by atoms with van der Waals surface area (Å²) in [5, 5.41) is 3.92. The SMILES string of the molecule is COc1cc(F)ccc1-c1cccnc1Cc1ccc(C(F)(F)Cn2cc(C)cn2)nc1. The van der Waals surface area contributed by atoms with E-state index in [1.165, 1.54) is 42.4 Å². The number of methoxy groups -OCH3 is 1. The van der Waals surface area contributed by atoms with Gasteiger partial charge in [0, 0.05) is 42.2 Å². The number of benzene rings is 1. The third-order valence-corrected chi connectivity index (χ3v) is 5.04. The van der Waals surface area contributed by atoms with E-state index in [2.05, 4.69) is 15.1 Å². The molecule has 0 fully saturated rings. The van der Waals surface area contributed by atoms with Gasteiger partial charge in [0.05, 0.1) is 19.0 Å². The van der Waals surface area contributed by atoms with E-state index in [-0.39, 0.29) is 5.69 Å². The first kappa shape index (κ1) is 21.5. The number of hydrogen-bond acceptors (Lipinski definition) is 4. The minimum absolute atomic E-state index is 0.323. The molecular weight excluding hydrogens is 417 g/mol. The zero-order valence-corrected chi connectivity index (χ0v) is 17.6. The van der Waals surface area contributed by atoms with Gasteiger partial charge in [-0.25, -0.2) is 4.39 Å². The molecule has 32 heavy (non-hydrogen) atoms. The van der Waals surface area contributed by atoms with Crippen LogP contribution in [0.3, 0.4) is 0 Å². The number of nitrogens with zero attached hydrogens (tertiary/aromatic N) is 4. The lowest BCUT2D eigenvalue weighted by molar-refractivity contribution is -0.0296. The van der Waals surface area contributed by atoms with Gasteiger partial charge in [0.15, 0.2) is 0 Å². The van der Waals surface area contributed by atoms with Crippen LogP contribution in [0.4, 0.5) is 13.2 Å². The smallest absolute Gasteiger partial charge is 0.308 e. The number of ether oxygens (including phenoxy) is 1. The normalized spacial score (nSPS) is 11.5. The van der Waals surface area contributed by atoms with Crippen LogP contribution in [0.2, 0.25) is 0 Å². The summed E-state index contributed by atoms with van der Waals surface area (Å²) in [6.45, 7) is 1.21. The van der Waals surface area contributed by atoms with Gasteiger partial charge in [0.2, 0.25) is 0 Å². The maximum absolute atomic E-state index is 14.6. The molecule has 0 amide bonds. The van der Waals surface area contributed by atoms with Crippen molar-refractivity contribution >= 4 is 0 Å². The van der Waals surface area contributed by atoms with Gasteiger partial charge in [-0.05, 0) is 42.3 Å². The zero-order chi connectivity index (χ0) is 22.7. The Kier molecular flexibility index (Phi) is 5.94. The molecule has 4 aromatic rings. The second-order valence-corrected chi connectivity index (χ2v) is 7.49. The van der Waals surface area contributed by atoms with Crippen molar-refractivity contribution in [1.82, 2.24) is 19.7 Å². The van der Waals surface area contributed by atoms with E-state index in [1.807, 2.05) is 6.07 Å².